The first-order valence-electron chi connectivity index (χ1n) is 5.63. The number of benzene rings is 1. The number of rotatable bonds is 3. The fraction of sp³-hybridized carbons (Fsp3) is 0.462. The summed E-state index contributed by atoms with van der Waals surface area (Å²) in [5.41, 5.74) is 3.01. The van der Waals surface area contributed by atoms with E-state index < -0.39 is 5.97 Å². The lowest BCUT2D eigenvalue weighted by molar-refractivity contribution is 0.0695. The van der Waals surface area contributed by atoms with Gasteiger partial charge in [0.15, 0.2) is 0 Å². The van der Waals surface area contributed by atoms with Crippen LogP contribution in [-0.2, 0) is 0 Å². The van der Waals surface area contributed by atoms with Crippen LogP contribution in [0, 0.1) is 0 Å². The van der Waals surface area contributed by atoms with Crippen molar-refractivity contribution in [2.75, 3.05) is 0 Å². The zero-order valence-corrected chi connectivity index (χ0v) is 8.57. The molecule has 2 aliphatic rings. The minimum absolute atomic E-state index is 0.535. The lowest BCUT2D eigenvalue weighted by Crippen LogP contribution is -2.04. The Balaban J connectivity index is 2.12. The molecule has 0 amide bonds. The summed E-state index contributed by atoms with van der Waals surface area (Å²) in [6.07, 6.45) is 4.82. The van der Waals surface area contributed by atoms with Crippen LogP contribution in [0.4, 0.5) is 0 Å². The SMILES string of the molecule is O=C(O)c1cccc(C2CC2)c1C1CC1. The molecule has 1 N–H and O–H groups in total. The highest BCUT2D eigenvalue weighted by Gasteiger charge is 2.35. The first-order chi connectivity index (χ1) is 7.27. The lowest BCUT2D eigenvalue weighted by atomic mass is 9.94. The third kappa shape index (κ3) is 1.54. The van der Waals surface area contributed by atoms with Crippen LogP contribution in [0.1, 0.15) is 59.0 Å². The van der Waals surface area contributed by atoms with Gasteiger partial charge in [0.25, 0.3) is 0 Å². The van der Waals surface area contributed by atoms with E-state index in [1.165, 1.54) is 31.2 Å². The van der Waals surface area contributed by atoms with Gasteiger partial charge in [0, 0.05) is 0 Å². The molecule has 0 heterocycles. The first-order valence-corrected chi connectivity index (χ1v) is 5.63. The van der Waals surface area contributed by atoms with Crippen molar-refractivity contribution in [1.29, 1.82) is 0 Å². The van der Waals surface area contributed by atoms with E-state index in [0.29, 0.717) is 17.4 Å². The molecule has 0 aromatic heterocycles. The van der Waals surface area contributed by atoms with Crippen molar-refractivity contribution in [3.8, 4) is 0 Å². The van der Waals surface area contributed by atoms with Gasteiger partial charge in [-0.3, -0.25) is 0 Å². The normalized spacial score (nSPS) is 20.3. The summed E-state index contributed by atoms with van der Waals surface area (Å²) in [4.78, 5) is 11.1. The van der Waals surface area contributed by atoms with Crippen LogP contribution in [0.25, 0.3) is 0 Å². The standard InChI is InChI=1S/C13H14O2/c14-13(15)11-3-1-2-10(8-4-5-8)12(11)9-6-7-9/h1-3,8-9H,4-7H2,(H,14,15). The zero-order valence-electron chi connectivity index (χ0n) is 8.57. The Morgan fingerprint density at radius 3 is 2.33 bits per heavy atom. The molecule has 2 aliphatic carbocycles. The van der Waals surface area contributed by atoms with Gasteiger partial charge in [0.05, 0.1) is 5.56 Å². The summed E-state index contributed by atoms with van der Waals surface area (Å²) in [5.74, 6) is 0.423. The Labute approximate surface area is 88.9 Å². The summed E-state index contributed by atoms with van der Waals surface area (Å²) >= 11 is 0. The molecule has 0 saturated heterocycles. The second-order valence-corrected chi connectivity index (χ2v) is 4.66. The van der Waals surface area contributed by atoms with Crippen molar-refractivity contribution >= 4 is 5.97 Å². The maximum absolute atomic E-state index is 11.1. The van der Waals surface area contributed by atoms with E-state index in [2.05, 4.69) is 6.07 Å². The predicted molar refractivity (Wildman–Crippen MR) is 57.4 cm³/mol. The van der Waals surface area contributed by atoms with Crippen molar-refractivity contribution in [3.05, 3.63) is 34.9 Å². The van der Waals surface area contributed by atoms with Gasteiger partial charge in [-0.2, -0.15) is 0 Å². The molecule has 0 spiro atoms. The Kier molecular flexibility index (Phi) is 1.84. The van der Waals surface area contributed by atoms with Gasteiger partial charge in [0.2, 0.25) is 0 Å². The maximum Gasteiger partial charge on any atom is 0.335 e. The van der Waals surface area contributed by atoms with Gasteiger partial charge in [-0.1, -0.05) is 12.1 Å². The van der Waals surface area contributed by atoms with Gasteiger partial charge < -0.3 is 5.11 Å². The van der Waals surface area contributed by atoms with Crippen molar-refractivity contribution in [3.63, 3.8) is 0 Å². The van der Waals surface area contributed by atoms with Crippen LogP contribution in [0.15, 0.2) is 18.2 Å². The van der Waals surface area contributed by atoms with Crippen LogP contribution < -0.4 is 0 Å². The summed E-state index contributed by atoms with van der Waals surface area (Å²) in [6.45, 7) is 0. The third-order valence-electron chi connectivity index (χ3n) is 3.37. The topological polar surface area (TPSA) is 37.3 Å². The monoisotopic (exact) mass is 202 g/mol. The van der Waals surface area contributed by atoms with Crippen molar-refractivity contribution in [2.24, 2.45) is 0 Å². The van der Waals surface area contributed by atoms with Gasteiger partial charge in [0.1, 0.15) is 0 Å². The van der Waals surface area contributed by atoms with Crippen molar-refractivity contribution in [2.45, 2.75) is 37.5 Å². The molecule has 0 bridgehead atoms. The largest absolute Gasteiger partial charge is 0.478 e. The second kappa shape index (κ2) is 3.09. The number of hydrogen-bond donors (Lipinski definition) is 1. The average Bonchev–Trinajstić information content (AvgIpc) is 3.08. The van der Waals surface area contributed by atoms with E-state index in [1.807, 2.05) is 6.07 Å². The lowest BCUT2D eigenvalue weighted by Gasteiger charge is -2.10. The molecular weight excluding hydrogens is 188 g/mol. The van der Waals surface area contributed by atoms with Gasteiger partial charge in [-0.05, 0) is 54.7 Å². The van der Waals surface area contributed by atoms with E-state index in [0.717, 1.165) is 5.56 Å². The van der Waals surface area contributed by atoms with E-state index >= 15 is 0 Å². The number of carboxylic acid groups (broad SMARTS) is 1. The molecule has 0 aliphatic heterocycles. The van der Waals surface area contributed by atoms with E-state index in [-0.39, 0.29) is 0 Å². The minimum atomic E-state index is -0.764. The summed E-state index contributed by atoms with van der Waals surface area (Å²) in [6, 6.07) is 5.77. The van der Waals surface area contributed by atoms with Crippen LogP contribution in [0.5, 0.6) is 0 Å². The van der Waals surface area contributed by atoms with Crippen LogP contribution in [0.2, 0.25) is 0 Å². The first kappa shape index (κ1) is 8.96. The fourth-order valence-corrected chi connectivity index (χ4v) is 2.35. The molecule has 0 atom stereocenters. The van der Waals surface area contributed by atoms with E-state index in [9.17, 15) is 4.79 Å². The number of hydrogen-bond acceptors (Lipinski definition) is 1. The molecule has 1 aromatic carbocycles. The Hall–Kier alpha value is -1.31. The molecule has 2 nitrogen and oxygen atoms in total. The molecule has 3 rings (SSSR count). The second-order valence-electron chi connectivity index (χ2n) is 4.66. The van der Waals surface area contributed by atoms with Gasteiger partial charge >= 0.3 is 5.97 Å². The van der Waals surface area contributed by atoms with Gasteiger partial charge in [-0.25, -0.2) is 4.79 Å². The molecule has 1 aromatic rings. The van der Waals surface area contributed by atoms with E-state index in [4.69, 9.17) is 5.11 Å². The third-order valence-corrected chi connectivity index (χ3v) is 3.37. The summed E-state index contributed by atoms with van der Waals surface area (Å²) in [7, 11) is 0. The van der Waals surface area contributed by atoms with Crippen molar-refractivity contribution < 1.29 is 9.90 Å². The highest BCUT2D eigenvalue weighted by Crippen LogP contribution is 2.50. The molecule has 78 valence electrons. The number of carbonyl (C=O) groups is 1. The quantitative estimate of drug-likeness (QED) is 0.817. The van der Waals surface area contributed by atoms with Crippen LogP contribution >= 0.6 is 0 Å². The predicted octanol–water partition coefficient (Wildman–Crippen LogP) is 3.14. The Morgan fingerprint density at radius 1 is 1.13 bits per heavy atom. The highest BCUT2D eigenvalue weighted by atomic mass is 16.4. The maximum atomic E-state index is 11.1. The summed E-state index contributed by atoms with van der Waals surface area (Å²) in [5, 5.41) is 9.17. The zero-order chi connectivity index (χ0) is 10.4. The van der Waals surface area contributed by atoms with E-state index in [1.54, 1.807) is 6.07 Å². The molecule has 2 saturated carbocycles. The minimum Gasteiger partial charge on any atom is -0.478 e. The Morgan fingerprint density at radius 2 is 1.80 bits per heavy atom. The average molecular weight is 202 g/mol. The van der Waals surface area contributed by atoms with Crippen LogP contribution in [0.3, 0.4) is 0 Å². The number of aromatic carboxylic acids is 1. The van der Waals surface area contributed by atoms with Crippen LogP contribution in [-0.4, -0.2) is 11.1 Å². The Bertz CT molecular complexity index is 415. The molecule has 0 unspecified atom stereocenters. The smallest absolute Gasteiger partial charge is 0.335 e. The van der Waals surface area contributed by atoms with Gasteiger partial charge in [-0.15, -0.1) is 0 Å². The fourth-order valence-electron chi connectivity index (χ4n) is 2.35. The number of carboxylic acids is 1. The molecule has 2 heteroatoms. The highest BCUT2D eigenvalue weighted by molar-refractivity contribution is 5.90. The molecular formula is C13H14O2. The summed E-state index contributed by atoms with van der Waals surface area (Å²) < 4.78 is 0. The molecule has 2 fully saturated rings. The molecule has 0 radical (unpaired) electrons. The van der Waals surface area contributed by atoms with Crippen molar-refractivity contribution in [1.82, 2.24) is 0 Å². The molecule has 15 heavy (non-hydrogen) atoms.